The number of aromatic amines is 1. The Balaban J connectivity index is 2.03. The first-order valence-corrected chi connectivity index (χ1v) is 6.36. The molecule has 2 heterocycles. The number of hydrogen-bond acceptors (Lipinski definition) is 4. The topological polar surface area (TPSA) is 50.8 Å². The largest absolute Gasteiger partial charge is 0.496 e. The van der Waals surface area contributed by atoms with Crippen molar-refractivity contribution in [2.45, 2.75) is 0 Å². The summed E-state index contributed by atoms with van der Waals surface area (Å²) in [6.07, 6.45) is 0. The van der Waals surface area contributed by atoms with Crippen LogP contribution >= 0.6 is 11.3 Å². The zero-order chi connectivity index (χ0) is 12.4. The van der Waals surface area contributed by atoms with Gasteiger partial charge in [-0.3, -0.25) is 5.10 Å². The molecule has 0 amide bonds. The Kier molecular flexibility index (Phi) is 2.82. The summed E-state index contributed by atoms with van der Waals surface area (Å²) in [4.78, 5) is 5.57. The van der Waals surface area contributed by atoms with Gasteiger partial charge in [0.1, 0.15) is 5.75 Å². The monoisotopic (exact) mass is 257 g/mol. The highest BCUT2D eigenvalue weighted by Gasteiger charge is 2.11. The van der Waals surface area contributed by atoms with Crippen molar-refractivity contribution in [1.29, 1.82) is 0 Å². The fraction of sp³-hybridized carbons (Fsp3) is 0.0769. The summed E-state index contributed by atoms with van der Waals surface area (Å²) in [6, 6.07) is 11.7. The van der Waals surface area contributed by atoms with Gasteiger partial charge in [0.25, 0.3) is 0 Å². The summed E-state index contributed by atoms with van der Waals surface area (Å²) in [6.45, 7) is 0. The smallest absolute Gasteiger partial charge is 0.185 e. The van der Waals surface area contributed by atoms with Crippen LogP contribution in [0.1, 0.15) is 0 Å². The second-order valence-electron chi connectivity index (χ2n) is 3.69. The van der Waals surface area contributed by atoms with Gasteiger partial charge < -0.3 is 4.74 Å². The lowest BCUT2D eigenvalue weighted by molar-refractivity contribution is 0.416. The second kappa shape index (κ2) is 4.62. The number of ether oxygens (including phenoxy) is 1. The molecule has 3 aromatic rings. The first-order valence-electron chi connectivity index (χ1n) is 5.48. The Hall–Kier alpha value is -2.14. The van der Waals surface area contributed by atoms with E-state index in [1.165, 1.54) is 0 Å². The van der Waals surface area contributed by atoms with Gasteiger partial charge in [-0.05, 0) is 23.6 Å². The Morgan fingerprint density at radius 3 is 2.83 bits per heavy atom. The van der Waals surface area contributed by atoms with E-state index in [2.05, 4.69) is 15.2 Å². The van der Waals surface area contributed by atoms with Crippen LogP contribution in [-0.2, 0) is 0 Å². The Bertz CT molecular complexity index is 646. The molecule has 0 radical (unpaired) electrons. The van der Waals surface area contributed by atoms with Gasteiger partial charge in [-0.2, -0.15) is 5.10 Å². The van der Waals surface area contributed by atoms with Gasteiger partial charge in [-0.25, -0.2) is 4.98 Å². The third kappa shape index (κ3) is 1.89. The van der Waals surface area contributed by atoms with Gasteiger partial charge in [0, 0.05) is 0 Å². The van der Waals surface area contributed by atoms with Gasteiger partial charge in [0.2, 0.25) is 0 Å². The van der Waals surface area contributed by atoms with E-state index < -0.39 is 0 Å². The van der Waals surface area contributed by atoms with E-state index in [0.29, 0.717) is 5.82 Å². The number of hydrogen-bond donors (Lipinski definition) is 1. The molecule has 2 aromatic heterocycles. The van der Waals surface area contributed by atoms with Crippen LogP contribution in [0.4, 0.5) is 0 Å². The van der Waals surface area contributed by atoms with E-state index in [1.807, 2.05) is 41.8 Å². The van der Waals surface area contributed by atoms with Crippen LogP contribution in [0.5, 0.6) is 5.75 Å². The Morgan fingerprint density at radius 1 is 1.17 bits per heavy atom. The van der Waals surface area contributed by atoms with Gasteiger partial charge in [0.15, 0.2) is 11.6 Å². The van der Waals surface area contributed by atoms with Crippen LogP contribution in [0.15, 0.2) is 41.8 Å². The van der Waals surface area contributed by atoms with Crippen molar-refractivity contribution >= 4 is 11.3 Å². The summed E-state index contributed by atoms with van der Waals surface area (Å²) in [7, 11) is 1.64. The van der Waals surface area contributed by atoms with Crippen molar-refractivity contribution in [2.24, 2.45) is 0 Å². The molecule has 4 nitrogen and oxygen atoms in total. The highest BCUT2D eigenvalue weighted by molar-refractivity contribution is 7.13. The van der Waals surface area contributed by atoms with E-state index in [-0.39, 0.29) is 0 Å². The third-order valence-corrected chi connectivity index (χ3v) is 3.46. The molecule has 5 heteroatoms. The van der Waals surface area contributed by atoms with Crippen molar-refractivity contribution in [1.82, 2.24) is 15.2 Å². The molecule has 0 spiro atoms. The zero-order valence-electron chi connectivity index (χ0n) is 9.75. The average Bonchev–Trinajstić information content (AvgIpc) is 3.09. The third-order valence-electron chi connectivity index (χ3n) is 2.59. The van der Waals surface area contributed by atoms with E-state index in [1.54, 1.807) is 18.4 Å². The Labute approximate surface area is 108 Å². The molecule has 0 saturated heterocycles. The molecule has 3 rings (SSSR count). The molecule has 0 aliphatic heterocycles. The first-order chi connectivity index (χ1) is 8.88. The zero-order valence-corrected chi connectivity index (χ0v) is 10.6. The SMILES string of the molecule is COc1ccccc1-c1n[nH]c(-c2cccs2)n1. The minimum atomic E-state index is 0.649. The fourth-order valence-corrected chi connectivity index (χ4v) is 2.40. The van der Waals surface area contributed by atoms with Crippen molar-refractivity contribution in [3.63, 3.8) is 0 Å². The molecule has 1 aromatic carbocycles. The van der Waals surface area contributed by atoms with E-state index in [9.17, 15) is 0 Å². The number of benzene rings is 1. The second-order valence-corrected chi connectivity index (χ2v) is 4.63. The summed E-state index contributed by atoms with van der Waals surface area (Å²) >= 11 is 1.63. The van der Waals surface area contributed by atoms with Crippen LogP contribution in [0, 0.1) is 0 Å². The predicted octanol–water partition coefficient (Wildman–Crippen LogP) is 3.21. The van der Waals surface area contributed by atoms with E-state index in [0.717, 1.165) is 22.0 Å². The number of nitrogens with zero attached hydrogens (tertiary/aromatic N) is 2. The molecule has 0 aliphatic carbocycles. The van der Waals surface area contributed by atoms with Gasteiger partial charge in [0.05, 0.1) is 17.6 Å². The standard InChI is InChI=1S/C13H11N3OS/c1-17-10-6-3-2-5-9(10)12-14-13(16-15-12)11-7-4-8-18-11/h2-8H,1H3,(H,14,15,16). The van der Waals surface area contributed by atoms with E-state index >= 15 is 0 Å². The molecule has 1 N–H and O–H groups in total. The van der Waals surface area contributed by atoms with Crippen LogP contribution in [0.3, 0.4) is 0 Å². The minimum absolute atomic E-state index is 0.649. The van der Waals surface area contributed by atoms with Crippen molar-refractivity contribution in [2.75, 3.05) is 7.11 Å². The number of para-hydroxylation sites is 1. The maximum absolute atomic E-state index is 5.31. The molecule has 90 valence electrons. The maximum Gasteiger partial charge on any atom is 0.185 e. The number of methoxy groups -OCH3 is 1. The van der Waals surface area contributed by atoms with E-state index in [4.69, 9.17) is 4.74 Å². The summed E-state index contributed by atoms with van der Waals surface area (Å²) in [5, 5.41) is 9.21. The number of rotatable bonds is 3. The first kappa shape index (κ1) is 11.0. The van der Waals surface area contributed by atoms with Crippen LogP contribution in [0.2, 0.25) is 0 Å². The summed E-state index contributed by atoms with van der Waals surface area (Å²) < 4.78 is 5.31. The summed E-state index contributed by atoms with van der Waals surface area (Å²) in [5.74, 6) is 2.20. The van der Waals surface area contributed by atoms with Gasteiger partial charge in [-0.15, -0.1) is 11.3 Å². The predicted molar refractivity (Wildman–Crippen MR) is 71.7 cm³/mol. The number of H-pyrrole nitrogens is 1. The lowest BCUT2D eigenvalue weighted by Crippen LogP contribution is -1.88. The molecule has 0 bridgehead atoms. The molecule has 0 fully saturated rings. The molecular weight excluding hydrogens is 246 g/mol. The van der Waals surface area contributed by atoms with Crippen LogP contribution in [0.25, 0.3) is 22.1 Å². The molecule has 0 aliphatic rings. The molecule has 0 unspecified atom stereocenters. The maximum atomic E-state index is 5.31. The number of aromatic nitrogens is 3. The molecular formula is C13H11N3OS. The van der Waals surface area contributed by atoms with Crippen molar-refractivity contribution in [3.8, 4) is 27.8 Å². The van der Waals surface area contributed by atoms with Gasteiger partial charge >= 0.3 is 0 Å². The highest BCUT2D eigenvalue weighted by Crippen LogP contribution is 2.29. The van der Waals surface area contributed by atoms with Gasteiger partial charge in [-0.1, -0.05) is 18.2 Å². The molecule has 18 heavy (non-hydrogen) atoms. The lowest BCUT2D eigenvalue weighted by Gasteiger charge is -2.03. The quantitative estimate of drug-likeness (QED) is 0.783. The lowest BCUT2D eigenvalue weighted by atomic mass is 10.2. The summed E-state index contributed by atoms with van der Waals surface area (Å²) in [5.41, 5.74) is 0.888. The number of thiophene rings is 1. The minimum Gasteiger partial charge on any atom is -0.496 e. The average molecular weight is 257 g/mol. The van der Waals surface area contributed by atoms with Crippen LogP contribution < -0.4 is 4.74 Å². The highest BCUT2D eigenvalue weighted by atomic mass is 32.1. The normalized spacial score (nSPS) is 10.5. The van der Waals surface area contributed by atoms with Crippen LogP contribution in [-0.4, -0.2) is 22.3 Å². The molecule has 0 saturated carbocycles. The Morgan fingerprint density at radius 2 is 2.06 bits per heavy atom. The van der Waals surface area contributed by atoms with Crippen molar-refractivity contribution in [3.05, 3.63) is 41.8 Å². The van der Waals surface area contributed by atoms with Crippen molar-refractivity contribution < 1.29 is 4.74 Å². The molecule has 0 atom stereocenters. The number of nitrogens with one attached hydrogen (secondary N) is 1. The fourth-order valence-electron chi connectivity index (χ4n) is 1.74.